The van der Waals surface area contributed by atoms with Gasteiger partial charge in [0.1, 0.15) is 0 Å². The molecule has 0 saturated carbocycles. The first-order chi connectivity index (χ1) is 33.4. The van der Waals surface area contributed by atoms with Crippen LogP contribution in [0.15, 0.2) is 84.9 Å². The smallest absolute Gasteiger partial charge is 0.0316 e. The van der Waals surface area contributed by atoms with Crippen LogP contribution in [0.25, 0.3) is 0 Å². The predicted octanol–water partition coefficient (Wildman–Crippen LogP) is 20.8. The molecule has 2 atom stereocenters. The topological polar surface area (TPSA) is 52.0 Å². The van der Waals surface area contributed by atoms with Gasteiger partial charge < -0.3 is 11.5 Å². The molecule has 2 heteroatoms. The van der Waals surface area contributed by atoms with E-state index < -0.39 is 0 Å². The zero-order valence-corrected chi connectivity index (χ0v) is 44.8. The van der Waals surface area contributed by atoms with Crippen LogP contribution in [0.5, 0.6) is 0 Å². The molecule has 4 aromatic rings. The highest BCUT2D eigenvalue weighted by Gasteiger charge is 2.18. The zero-order valence-electron chi connectivity index (χ0n) is 44.8. The first-order valence-electron chi connectivity index (χ1n) is 29.3. The van der Waals surface area contributed by atoms with Gasteiger partial charge in [0.25, 0.3) is 0 Å². The summed E-state index contributed by atoms with van der Waals surface area (Å²) in [6, 6.07) is 32.5. The molecule has 0 amide bonds. The van der Waals surface area contributed by atoms with E-state index in [4.69, 9.17) is 11.5 Å². The second-order valence-electron chi connectivity index (χ2n) is 21.5. The van der Waals surface area contributed by atoms with E-state index in [1.807, 2.05) is 0 Å². The fraction of sp³-hybridized carbons (Fsp3) is 0.636. The molecule has 0 aliphatic carbocycles. The normalized spacial score (nSPS) is 12.5. The minimum absolute atomic E-state index is 0.466. The number of rotatable bonds is 41. The molecule has 4 aromatic carbocycles. The Kier molecular flexibility index (Phi) is 30.6. The van der Waals surface area contributed by atoms with E-state index in [0.29, 0.717) is 11.8 Å². The highest BCUT2D eigenvalue weighted by atomic mass is 14.5. The van der Waals surface area contributed by atoms with E-state index in [-0.39, 0.29) is 0 Å². The Morgan fingerprint density at radius 3 is 0.853 bits per heavy atom. The van der Waals surface area contributed by atoms with Gasteiger partial charge in [-0.05, 0) is 121 Å². The molecule has 378 valence electrons. The van der Waals surface area contributed by atoms with Crippen molar-refractivity contribution < 1.29 is 0 Å². The zero-order chi connectivity index (χ0) is 48.3. The molecule has 0 heterocycles. The van der Waals surface area contributed by atoms with E-state index in [1.165, 1.54) is 276 Å². The average Bonchev–Trinajstić information content (AvgIpc) is 3.34. The Hall–Kier alpha value is -3.52. The molecule has 2 unspecified atom stereocenters. The second kappa shape index (κ2) is 36.4. The second-order valence-corrected chi connectivity index (χ2v) is 21.5. The number of anilines is 2. The minimum Gasteiger partial charge on any atom is -0.399 e. The van der Waals surface area contributed by atoms with Crippen LogP contribution in [0.2, 0.25) is 0 Å². The van der Waals surface area contributed by atoms with Gasteiger partial charge in [-0.1, -0.05) is 267 Å². The van der Waals surface area contributed by atoms with Crippen LogP contribution < -0.4 is 11.5 Å². The van der Waals surface area contributed by atoms with Crippen molar-refractivity contribution in [2.45, 2.75) is 271 Å². The SMILES string of the molecule is CCCCCCCCCC(c1ccc(CCCCCCCCCCCCCCCCCCCCc2ccc(C(CCCCCCCCC)c3ccc(N)cc3C)cc2)cc1)c1ccc(N)cc1C. The van der Waals surface area contributed by atoms with Crippen molar-refractivity contribution >= 4 is 11.4 Å². The first kappa shape index (κ1) is 57.1. The molecule has 4 N–H and O–H groups in total. The Morgan fingerprint density at radius 2 is 0.574 bits per heavy atom. The molecule has 0 aliphatic heterocycles. The van der Waals surface area contributed by atoms with Crippen LogP contribution in [0.3, 0.4) is 0 Å². The number of hydrogen-bond donors (Lipinski definition) is 2. The maximum atomic E-state index is 6.14. The van der Waals surface area contributed by atoms with Crippen molar-refractivity contribution in [1.82, 2.24) is 0 Å². The number of hydrogen-bond acceptors (Lipinski definition) is 2. The van der Waals surface area contributed by atoms with Gasteiger partial charge in [-0.3, -0.25) is 0 Å². The van der Waals surface area contributed by atoms with Gasteiger partial charge in [0.2, 0.25) is 0 Å². The Labute approximate surface area is 421 Å². The van der Waals surface area contributed by atoms with Crippen LogP contribution in [0.1, 0.15) is 288 Å². The lowest BCUT2D eigenvalue weighted by atomic mass is 9.84. The number of unbranched alkanes of at least 4 members (excludes halogenated alkanes) is 29. The third-order valence-corrected chi connectivity index (χ3v) is 15.5. The fourth-order valence-corrected chi connectivity index (χ4v) is 11.1. The maximum absolute atomic E-state index is 6.14. The Balaban J connectivity index is 0.958. The van der Waals surface area contributed by atoms with Crippen LogP contribution in [0.4, 0.5) is 11.4 Å². The summed E-state index contributed by atoms with van der Waals surface area (Å²) in [6.45, 7) is 9.08. The molecular weight excluding hydrogens is 821 g/mol. The molecule has 0 spiro atoms. The summed E-state index contributed by atoms with van der Waals surface area (Å²) >= 11 is 0. The standard InChI is InChI=1S/C66H104N2/c1-5-7-9-11-25-31-35-39-65(63-51-49-61(67)53-55(63)3)59-45-41-57(42-46-59)37-33-29-27-23-21-19-17-15-13-14-16-18-20-22-24-28-30-34-38-58-43-47-60(48-44-58)66(40-36-32-26-12-10-8-6-2)64-52-50-62(68)54-56(64)4/h41-54,65-66H,5-40,67-68H2,1-4H3. The predicted molar refractivity (Wildman–Crippen MR) is 303 cm³/mol. The molecule has 0 saturated heterocycles. The van der Waals surface area contributed by atoms with Crippen molar-refractivity contribution in [3.63, 3.8) is 0 Å². The lowest BCUT2D eigenvalue weighted by Crippen LogP contribution is -2.05. The third-order valence-electron chi connectivity index (χ3n) is 15.5. The maximum Gasteiger partial charge on any atom is 0.0316 e. The van der Waals surface area contributed by atoms with Crippen molar-refractivity contribution in [1.29, 1.82) is 0 Å². The lowest BCUT2D eigenvalue weighted by Gasteiger charge is -2.21. The molecule has 0 aromatic heterocycles. The summed E-state index contributed by atoms with van der Waals surface area (Å²) < 4.78 is 0. The van der Waals surface area contributed by atoms with Gasteiger partial charge in [-0.25, -0.2) is 0 Å². The highest BCUT2D eigenvalue weighted by Crippen LogP contribution is 2.35. The van der Waals surface area contributed by atoms with E-state index in [1.54, 1.807) is 0 Å². The quantitative estimate of drug-likeness (QED) is 0.0344. The van der Waals surface area contributed by atoms with Crippen molar-refractivity contribution in [3.8, 4) is 0 Å². The molecular formula is C66H104N2. The van der Waals surface area contributed by atoms with E-state index in [2.05, 4.69) is 113 Å². The largest absolute Gasteiger partial charge is 0.399 e. The number of nitrogen functional groups attached to an aromatic ring is 2. The molecule has 0 aliphatic rings. The van der Waals surface area contributed by atoms with Crippen LogP contribution >= 0.6 is 0 Å². The lowest BCUT2D eigenvalue weighted by molar-refractivity contribution is 0.524. The van der Waals surface area contributed by atoms with Gasteiger partial charge >= 0.3 is 0 Å². The minimum atomic E-state index is 0.466. The van der Waals surface area contributed by atoms with Gasteiger partial charge in [0.05, 0.1) is 0 Å². The van der Waals surface area contributed by atoms with Crippen LogP contribution in [-0.4, -0.2) is 0 Å². The average molecular weight is 926 g/mol. The van der Waals surface area contributed by atoms with Gasteiger partial charge in [-0.2, -0.15) is 0 Å². The van der Waals surface area contributed by atoms with Crippen LogP contribution in [0, 0.1) is 13.8 Å². The highest BCUT2D eigenvalue weighted by molar-refractivity contribution is 5.49. The van der Waals surface area contributed by atoms with Crippen molar-refractivity contribution in [3.05, 3.63) is 129 Å². The third kappa shape index (κ3) is 23.9. The van der Waals surface area contributed by atoms with Crippen molar-refractivity contribution in [2.24, 2.45) is 0 Å². The van der Waals surface area contributed by atoms with Crippen LogP contribution in [-0.2, 0) is 12.8 Å². The monoisotopic (exact) mass is 925 g/mol. The van der Waals surface area contributed by atoms with Gasteiger partial charge in [0.15, 0.2) is 0 Å². The number of benzene rings is 4. The van der Waals surface area contributed by atoms with Gasteiger partial charge in [-0.15, -0.1) is 0 Å². The van der Waals surface area contributed by atoms with E-state index >= 15 is 0 Å². The fourth-order valence-electron chi connectivity index (χ4n) is 11.1. The molecule has 0 fully saturated rings. The summed E-state index contributed by atoms with van der Waals surface area (Å²) in [6.07, 6.45) is 49.3. The Bertz CT molecular complexity index is 1690. The van der Waals surface area contributed by atoms with Crippen molar-refractivity contribution in [2.75, 3.05) is 11.5 Å². The van der Waals surface area contributed by atoms with E-state index in [9.17, 15) is 0 Å². The molecule has 2 nitrogen and oxygen atoms in total. The van der Waals surface area contributed by atoms with E-state index in [0.717, 1.165) is 11.4 Å². The molecule has 0 radical (unpaired) electrons. The summed E-state index contributed by atoms with van der Waals surface area (Å²) in [4.78, 5) is 0. The summed E-state index contributed by atoms with van der Waals surface area (Å²) in [5, 5.41) is 0. The van der Waals surface area contributed by atoms with Gasteiger partial charge in [0, 0.05) is 23.2 Å². The Morgan fingerprint density at radius 1 is 0.309 bits per heavy atom. The summed E-state index contributed by atoms with van der Waals surface area (Å²) in [5.74, 6) is 0.933. The number of nitrogens with two attached hydrogens (primary N) is 2. The molecule has 4 rings (SSSR count). The molecule has 68 heavy (non-hydrogen) atoms. The molecule has 0 bridgehead atoms. The first-order valence-corrected chi connectivity index (χ1v) is 29.3. The number of aryl methyl sites for hydroxylation is 4. The summed E-state index contributed by atoms with van der Waals surface area (Å²) in [7, 11) is 0. The summed E-state index contributed by atoms with van der Waals surface area (Å²) in [5.41, 5.74) is 25.6.